The van der Waals surface area contributed by atoms with Gasteiger partial charge >= 0.3 is 11.9 Å². The number of carboxylic acids is 2. The third kappa shape index (κ3) is 3.39. The van der Waals surface area contributed by atoms with E-state index in [9.17, 15) is 24.9 Å². The smallest absolute Gasteiger partial charge is 0.335 e. The summed E-state index contributed by atoms with van der Waals surface area (Å²) in [6.45, 7) is 1.51. The summed E-state index contributed by atoms with van der Waals surface area (Å²) in [6.07, 6.45) is -10.1. The van der Waals surface area contributed by atoms with E-state index in [-0.39, 0.29) is 6.42 Å². The molecule has 0 aromatic rings. The summed E-state index contributed by atoms with van der Waals surface area (Å²) in [7, 11) is 0. The molecule has 19 heavy (non-hydrogen) atoms. The molecule has 0 aliphatic carbocycles. The van der Waals surface area contributed by atoms with Gasteiger partial charge in [0.05, 0.1) is 0 Å². The molecule has 1 fully saturated rings. The molecular weight excluding hydrogens is 264 g/mol. The zero-order valence-electron chi connectivity index (χ0n) is 10.0. The molecule has 1 aliphatic rings. The second-order valence-corrected chi connectivity index (χ2v) is 4.11. The van der Waals surface area contributed by atoms with Crippen molar-refractivity contribution in [1.29, 1.82) is 0 Å². The van der Waals surface area contributed by atoms with E-state index in [1.54, 1.807) is 0 Å². The van der Waals surface area contributed by atoms with Gasteiger partial charge in [-0.1, -0.05) is 6.92 Å². The van der Waals surface area contributed by atoms with Gasteiger partial charge < -0.3 is 35.0 Å². The summed E-state index contributed by atoms with van der Waals surface area (Å²) in [5, 5.41) is 46.1. The summed E-state index contributed by atoms with van der Waals surface area (Å²) in [6, 6.07) is 0. The second-order valence-electron chi connectivity index (χ2n) is 4.11. The van der Waals surface area contributed by atoms with Crippen LogP contribution in [0.25, 0.3) is 0 Å². The molecule has 0 aromatic carbocycles. The van der Waals surface area contributed by atoms with Gasteiger partial charge in [-0.25, -0.2) is 9.59 Å². The lowest BCUT2D eigenvalue weighted by Gasteiger charge is -2.39. The van der Waals surface area contributed by atoms with E-state index < -0.39 is 48.7 Å². The Balaban J connectivity index is 2.82. The molecule has 0 aromatic heterocycles. The Morgan fingerprint density at radius 1 is 1.16 bits per heavy atom. The summed E-state index contributed by atoms with van der Waals surface area (Å²) < 4.78 is 9.69. The Bertz CT molecular complexity index is 342. The predicted octanol–water partition coefficient (Wildman–Crippen LogP) is -2.24. The Morgan fingerprint density at radius 3 is 2.16 bits per heavy atom. The standard InChI is InChI=1S/C10H16O9/c1-2-3(8(14)15)18-10-6(13)4(11)5(12)7(19-10)9(16)17/h3-7,10-13H,2H2,1H3,(H,14,15)(H,16,17)/t3?,4?,5-,6-,7?,10-/m0/s1. The number of rotatable bonds is 5. The van der Waals surface area contributed by atoms with Gasteiger partial charge in [-0.3, -0.25) is 0 Å². The van der Waals surface area contributed by atoms with Crippen molar-refractivity contribution in [1.82, 2.24) is 0 Å². The number of aliphatic hydroxyl groups excluding tert-OH is 3. The van der Waals surface area contributed by atoms with Crippen molar-refractivity contribution >= 4 is 11.9 Å². The molecule has 0 bridgehead atoms. The quantitative estimate of drug-likeness (QED) is 0.376. The summed E-state index contributed by atoms with van der Waals surface area (Å²) in [4.78, 5) is 21.6. The molecule has 1 heterocycles. The van der Waals surface area contributed by atoms with E-state index in [0.717, 1.165) is 0 Å². The molecule has 9 heteroatoms. The van der Waals surface area contributed by atoms with Gasteiger partial charge in [0.25, 0.3) is 0 Å². The van der Waals surface area contributed by atoms with Crippen LogP contribution >= 0.6 is 0 Å². The predicted molar refractivity (Wildman–Crippen MR) is 57.1 cm³/mol. The molecule has 1 saturated heterocycles. The maximum Gasteiger partial charge on any atom is 0.335 e. The van der Waals surface area contributed by atoms with Crippen molar-refractivity contribution in [3.05, 3.63) is 0 Å². The topological polar surface area (TPSA) is 154 Å². The number of hydrogen-bond acceptors (Lipinski definition) is 7. The van der Waals surface area contributed by atoms with Crippen LogP contribution < -0.4 is 0 Å². The van der Waals surface area contributed by atoms with Gasteiger partial charge in [-0.15, -0.1) is 0 Å². The van der Waals surface area contributed by atoms with E-state index in [4.69, 9.17) is 19.7 Å². The molecule has 1 aliphatic heterocycles. The number of hydrogen-bond donors (Lipinski definition) is 5. The van der Waals surface area contributed by atoms with E-state index >= 15 is 0 Å². The highest BCUT2D eigenvalue weighted by Gasteiger charge is 2.48. The van der Waals surface area contributed by atoms with Gasteiger partial charge in [0, 0.05) is 0 Å². The highest BCUT2D eigenvalue weighted by atomic mass is 16.7. The van der Waals surface area contributed by atoms with E-state index in [2.05, 4.69) is 0 Å². The lowest BCUT2D eigenvalue weighted by atomic mass is 9.99. The van der Waals surface area contributed by atoms with Crippen LogP contribution in [0, 0.1) is 0 Å². The largest absolute Gasteiger partial charge is 0.479 e. The van der Waals surface area contributed by atoms with Gasteiger partial charge in [-0.05, 0) is 6.42 Å². The highest BCUT2D eigenvalue weighted by molar-refractivity contribution is 5.73. The first-order valence-corrected chi connectivity index (χ1v) is 5.60. The van der Waals surface area contributed by atoms with Crippen molar-refractivity contribution in [2.45, 2.75) is 50.2 Å². The Hall–Kier alpha value is -1.26. The van der Waals surface area contributed by atoms with E-state index in [1.807, 2.05) is 0 Å². The Kier molecular flexibility index (Phi) is 5.20. The minimum absolute atomic E-state index is 0.0539. The van der Waals surface area contributed by atoms with Gasteiger partial charge in [0.2, 0.25) is 0 Å². The fourth-order valence-corrected chi connectivity index (χ4v) is 1.66. The summed E-state index contributed by atoms with van der Waals surface area (Å²) in [5.74, 6) is -2.87. The molecule has 110 valence electrons. The average molecular weight is 280 g/mol. The molecule has 3 unspecified atom stereocenters. The molecule has 5 N–H and O–H groups in total. The van der Waals surface area contributed by atoms with Crippen LogP contribution in [0.5, 0.6) is 0 Å². The zero-order valence-corrected chi connectivity index (χ0v) is 10.0. The molecule has 6 atom stereocenters. The molecule has 0 saturated carbocycles. The lowest BCUT2D eigenvalue weighted by molar-refractivity contribution is -0.303. The average Bonchev–Trinajstić information content (AvgIpc) is 2.34. The summed E-state index contributed by atoms with van der Waals surface area (Å²) in [5.41, 5.74) is 0. The van der Waals surface area contributed by atoms with Crippen molar-refractivity contribution in [2.24, 2.45) is 0 Å². The highest BCUT2D eigenvalue weighted by Crippen LogP contribution is 2.23. The fraction of sp³-hybridized carbons (Fsp3) is 0.800. The molecule has 1 rings (SSSR count). The van der Waals surface area contributed by atoms with Gasteiger partial charge in [0.15, 0.2) is 18.5 Å². The van der Waals surface area contributed by atoms with Crippen molar-refractivity contribution in [3.8, 4) is 0 Å². The molecule has 0 spiro atoms. The van der Waals surface area contributed by atoms with Crippen LogP contribution in [-0.2, 0) is 19.1 Å². The molecule has 0 radical (unpaired) electrons. The fourth-order valence-electron chi connectivity index (χ4n) is 1.66. The van der Waals surface area contributed by atoms with Crippen LogP contribution in [0.15, 0.2) is 0 Å². The van der Waals surface area contributed by atoms with Crippen molar-refractivity contribution < 1.29 is 44.6 Å². The Morgan fingerprint density at radius 2 is 1.74 bits per heavy atom. The third-order valence-electron chi connectivity index (χ3n) is 2.76. The number of ether oxygens (including phenoxy) is 2. The van der Waals surface area contributed by atoms with Gasteiger partial charge in [-0.2, -0.15) is 0 Å². The third-order valence-corrected chi connectivity index (χ3v) is 2.76. The monoisotopic (exact) mass is 280 g/mol. The lowest BCUT2D eigenvalue weighted by Crippen LogP contribution is -2.61. The minimum atomic E-state index is -1.84. The minimum Gasteiger partial charge on any atom is -0.479 e. The first-order chi connectivity index (χ1) is 8.79. The van der Waals surface area contributed by atoms with Crippen molar-refractivity contribution in [2.75, 3.05) is 0 Å². The van der Waals surface area contributed by atoms with E-state index in [1.165, 1.54) is 6.92 Å². The van der Waals surface area contributed by atoms with Crippen LogP contribution in [0.4, 0.5) is 0 Å². The number of aliphatic hydroxyl groups is 3. The van der Waals surface area contributed by atoms with Crippen molar-refractivity contribution in [3.63, 3.8) is 0 Å². The number of carboxylic acid groups (broad SMARTS) is 2. The first-order valence-electron chi connectivity index (χ1n) is 5.60. The zero-order chi connectivity index (χ0) is 14.7. The molecular formula is C10H16O9. The molecule has 9 nitrogen and oxygen atoms in total. The Labute approximate surface area is 108 Å². The van der Waals surface area contributed by atoms with Crippen LogP contribution in [0.3, 0.4) is 0 Å². The normalized spacial score (nSPS) is 36.7. The SMILES string of the molecule is CCC(O[C@H]1OC(C(=O)O)[C@@H](O)C(O)[C@@H]1O)C(=O)O. The number of aliphatic carboxylic acids is 2. The summed E-state index contributed by atoms with van der Waals surface area (Å²) >= 11 is 0. The number of carbonyl (C=O) groups is 2. The maximum atomic E-state index is 10.8. The maximum absolute atomic E-state index is 10.8. The van der Waals surface area contributed by atoms with E-state index in [0.29, 0.717) is 0 Å². The first kappa shape index (κ1) is 15.8. The van der Waals surface area contributed by atoms with Crippen LogP contribution in [0.2, 0.25) is 0 Å². The van der Waals surface area contributed by atoms with Gasteiger partial charge in [0.1, 0.15) is 18.3 Å². The van der Waals surface area contributed by atoms with Crippen LogP contribution in [0.1, 0.15) is 13.3 Å². The second kappa shape index (κ2) is 6.26. The van der Waals surface area contributed by atoms with Crippen LogP contribution in [-0.4, -0.2) is 74.3 Å². The molecule has 0 amide bonds.